The molecule has 1 saturated carbocycles. The van der Waals surface area contributed by atoms with Gasteiger partial charge in [-0.1, -0.05) is 13.0 Å². The molecule has 1 aliphatic rings. The number of methoxy groups -OCH3 is 1. The van der Waals surface area contributed by atoms with Crippen molar-refractivity contribution in [2.45, 2.75) is 37.8 Å². The van der Waals surface area contributed by atoms with Crippen LogP contribution in [0.15, 0.2) is 48.8 Å². The summed E-state index contributed by atoms with van der Waals surface area (Å²) < 4.78 is 47.6. The van der Waals surface area contributed by atoms with Crippen LogP contribution in [-0.4, -0.2) is 41.2 Å². The number of carbonyl (C=O) groups is 2. The number of aromatic nitrogens is 2. The fourth-order valence-electron chi connectivity index (χ4n) is 4.81. The first-order valence-corrected chi connectivity index (χ1v) is 11.7. The van der Waals surface area contributed by atoms with Crippen molar-refractivity contribution in [1.82, 2.24) is 15.3 Å². The van der Waals surface area contributed by atoms with E-state index in [1.165, 1.54) is 13.3 Å². The van der Waals surface area contributed by atoms with Gasteiger partial charge in [0.25, 0.3) is 5.91 Å². The molecule has 0 spiro atoms. The molecule has 1 fully saturated rings. The second kappa shape index (κ2) is 11.0. The van der Waals surface area contributed by atoms with Gasteiger partial charge in [0.15, 0.2) is 0 Å². The number of anilines is 1. The quantitative estimate of drug-likeness (QED) is 0.466. The molecule has 2 amide bonds. The second-order valence-electron chi connectivity index (χ2n) is 9.01. The lowest BCUT2D eigenvalue weighted by Gasteiger charge is -2.39. The number of hydrogen-bond donors (Lipinski definition) is 3. The first-order chi connectivity index (χ1) is 17.7. The number of nitrogens with one attached hydrogen (secondary N) is 2. The Kier molecular flexibility index (Phi) is 7.72. The number of rotatable bonds is 5. The van der Waals surface area contributed by atoms with Crippen molar-refractivity contribution in [2.24, 2.45) is 11.7 Å². The third-order valence-corrected chi connectivity index (χ3v) is 6.58. The van der Waals surface area contributed by atoms with E-state index in [2.05, 4.69) is 20.6 Å². The summed E-state index contributed by atoms with van der Waals surface area (Å²) in [5.74, 6) is -3.71. The summed E-state index contributed by atoms with van der Waals surface area (Å²) in [6, 6.07) is 6.31. The minimum Gasteiger partial charge on any atom is -0.453 e. The van der Waals surface area contributed by atoms with E-state index >= 15 is 0 Å². The summed E-state index contributed by atoms with van der Waals surface area (Å²) in [6.45, 7) is 1.97. The van der Waals surface area contributed by atoms with Crippen LogP contribution in [0.5, 0.6) is 0 Å². The number of nitrogens with two attached hydrogens (primary N) is 1. The van der Waals surface area contributed by atoms with Crippen LogP contribution in [0.3, 0.4) is 0 Å². The molecule has 8 nitrogen and oxygen atoms in total. The van der Waals surface area contributed by atoms with Gasteiger partial charge in [-0.2, -0.15) is 0 Å². The molecular formula is C26H26F3N5O3. The predicted molar refractivity (Wildman–Crippen MR) is 130 cm³/mol. The first kappa shape index (κ1) is 26.1. The van der Waals surface area contributed by atoms with E-state index < -0.39 is 40.7 Å². The van der Waals surface area contributed by atoms with Crippen LogP contribution < -0.4 is 16.4 Å². The third kappa shape index (κ3) is 5.56. The summed E-state index contributed by atoms with van der Waals surface area (Å²) in [4.78, 5) is 32.7. The molecular weight excluding hydrogens is 487 g/mol. The van der Waals surface area contributed by atoms with E-state index in [0.29, 0.717) is 18.5 Å². The van der Waals surface area contributed by atoms with Gasteiger partial charge in [-0.15, -0.1) is 0 Å². The van der Waals surface area contributed by atoms with Crippen LogP contribution >= 0.6 is 0 Å². The van der Waals surface area contributed by atoms with Crippen molar-refractivity contribution >= 4 is 17.7 Å². The number of hydrogen-bond acceptors (Lipinski definition) is 6. The maximum atomic E-state index is 14.4. The predicted octanol–water partition coefficient (Wildman–Crippen LogP) is 4.38. The zero-order valence-corrected chi connectivity index (χ0v) is 20.2. The molecule has 194 valence electrons. The molecule has 1 aromatic carbocycles. The highest BCUT2D eigenvalue weighted by atomic mass is 19.1. The molecule has 37 heavy (non-hydrogen) atoms. The van der Waals surface area contributed by atoms with Crippen LogP contribution in [0, 0.1) is 23.4 Å². The van der Waals surface area contributed by atoms with Gasteiger partial charge in [0.05, 0.1) is 24.6 Å². The van der Waals surface area contributed by atoms with Crippen molar-refractivity contribution in [3.63, 3.8) is 0 Å². The lowest BCUT2D eigenvalue weighted by molar-refractivity contribution is 0.102. The molecule has 2 heterocycles. The van der Waals surface area contributed by atoms with Crippen molar-refractivity contribution in [1.29, 1.82) is 0 Å². The highest BCUT2D eigenvalue weighted by Gasteiger charge is 2.36. The molecule has 4 atom stereocenters. The van der Waals surface area contributed by atoms with Crippen LogP contribution in [0.4, 0.5) is 23.7 Å². The lowest BCUT2D eigenvalue weighted by atomic mass is 9.73. The number of amides is 2. The average molecular weight is 514 g/mol. The number of alkyl carbamates (subject to hydrolysis) is 1. The molecule has 4 N–H and O–H groups in total. The Morgan fingerprint density at radius 1 is 1.05 bits per heavy atom. The van der Waals surface area contributed by atoms with Gasteiger partial charge in [-0.05, 0) is 60.6 Å². The third-order valence-electron chi connectivity index (χ3n) is 6.58. The smallest absolute Gasteiger partial charge is 0.407 e. The number of nitrogens with zero attached hydrogens (tertiary/aromatic N) is 2. The minimum absolute atomic E-state index is 0.0153. The number of carbonyl (C=O) groups excluding carboxylic acids is 2. The Labute approximate surface area is 211 Å². The normalized spacial score (nSPS) is 21.2. The van der Waals surface area contributed by atoms with Gasteiger partial charge in [0.1, 0.15) is 28.8 Å². The van der Waals surface area contributed by atoms with E-state index in [1.807, 2.05) is 6.92 Å². The highest BCUT2D eigenvalue weighted by Crippen LogP contribution is 2.38. The molecule has 0 radical (unpaired) electrons. The Morgan fingerprint density at radius 3 is 2.46 bits per heavy atom. The summed E-state index contributed by atoms with van der Waals surface area (Å²) >= 11 is 0. The summed E-state index contributed by atoms with van der Waals surface area (Å²) in [5.41, 5.74) is 6.07. The Hall–Kier alpha value is -3.99. The SMILES string of the molecule is COC(=O)NC1C(C)CC(c2ccncc2NC(=O)c2ccc(F)c(-c3c(F)cccc3F)n2)CC1N. The molecule has 1 aliphatic carbocycles. The van der Waals surface area contributed by atoms with Gasteiger partial charge in [-0.3, -0.25) is 9.78 Å². The van der Waals surface area contributed by atoms with E-state index in [9.17, 15) is 22.8 Å². The number of benzene rings is 1. The molecule has 2 aromatic heterocycles. The van der Waals surface area contributed by atoms with E-state index in [1.54, 1.807) is 12.3 Å². The molecule has 0 saturated heterocycles. The van der Waals surface area contributed by atoms with Gasteiger partial charge < -0.3 is 21.1 Å². The Balaban J connectivity index is 1.57. The number of ether oxygens (including phenoxy) is 1. The van der Waals surface area contributed by atoms with Gasteiger partial charge in [0, 0.05) is 18.3 Å². The molecule has 4 rings (SSSR count). The standard InChI is InChI=1S/C26H26F3N5O3/c1-13-10-14(11-19(30)23(13)34-26(36)37-2)15-8-9-31-12-21(15)33-25(35)20-7-6-18(29)24(32-20)22-16(27)4-3-5-17(22)28/h3-9,12-14,19,23H,10-11,30H2,1-2H3,(H,33,35)(H,34,36). The highest BCUT2D eigenvalue weighted by molar-refractivity contribution is 6.03. The van der Waals surface area contributed by atoms with Crippen LogP contribution in [0.25, 0.3) is 11.3 Å². The molecule has 0 aliphatic heterocycles. The lowest BCUT2D eigenvalue weighted by Crippen LogP contribution is -2.54. The Bertz CT molecular complexity index is 1290. The van der Waals surface area contributed by atoms with E-state index in [-0.39, 0.29) is 29.6 Å². The fourth-order valence-corrected chi connectivity index (χ4v) is 4.81. The van der Waals surface area contributed by atoms with Crippen molar-refractivity contribution in [3.05, 3.63) is 77.5 Å². The van der Waals surface area contributed by atoms with E-state index in [0.717, 1.165) is 35.9 Å². The molecule has 11 heteroatoms. The second-order valence-corrected chi connectivity index (χ2v) is 9.01. The largest absolute Gasteiger partial charge is 0.453 e. The van der Waals surface area contributed by atoms with Crippen molar-refractivity contribution in [2.75, 3.05) is 12.4 Å². The summed E-state index contributed by atoms with van der Waals surface area (Å²) in [7, 11) is 1.29. The maximum Gasteiger partial charge on any atom is 0.407 e. The van der Waals surface area contributed by atoms with E-state index in [4.69, 9.17) is 10.5 Å². The van der Waals surface area contributed by atoms with Gasteiger partial charge >= 0.3 is 6.09 Å². The zero-order valence-electron chi connectivity index (χ0n) is 20.2. The monoisotopic (exact) mass is 513 g/mol. The summed E-state index contributed by atoms with van der Waals surface area (Å²) in [5, 5.41) is 5.51. The van der Waals surface area contributed by atoms with Gasteiger partial charge in [-0.25, -0.2) is 22.9 Å². The van der Waals surface area contributed by atoms with Crippen molar-refractivity contribution in [3.8, 4) is 11.3 Å². The topological polar surface area (TPSA) is 119 Å². The van der Waals surface area contributed by atoms with Crippen LogP contribution in [0.2, 0.25) is 0 Å². The molecule has 4 unspecified atom stereocenters. The average Bonchev–Trinajstić information content (AvgIpc) is 2.87. The number of halogens is 3. The minimum atomic E-state index is -0.999. The van der Waals surface area contributed by atoms with Crippen LogP contribution in [0.1, 0.15) is 41.7 Å². The zero-order chi connectivity index (χ0) is 26.7. The molecule has 3 aromatic rings. The number of pyridine rings is 2. The maximum absolute atomic E-state index is 14.4. The Morgan fingerprint density at radius 2 is 1.78 bits per heavy atom. The van der Waals surface area contributed by atoms with Gasteiger partial charge in [0.2, 0.25) is 0 Å². The van der Waals surface area contributed by atoms with Crippen LogP contribution in [-0.2, 0) is 4.74 Å². The van der Waals surface area contributed by atoms with Crippen molar-refractivity contribution < 1.29 is 27.5 Å². The fraction of sp³-hybridized carbons (Fsp3) is 0.308. The first-order valence-electron chi connectivity index (χ1n) is 11.7. The molecule has 0 bridgehead atoms. The summed E-state index contributed by atoms with van der Waals surface area (Å²) in [6.07, 6.45) is 3.71.